The van der Waals surface area contributed by atoms with Crippen LogP contribution in [0.15, 0.2) is 0 Å². The maximum absolute atomic E-state index is 11.4. The highest BCUT2D eigenvalue weighted by Crippen LogP contribution is 2.03. The topological polar surface area (TPSA) is 86.7 Å². The third kappa shape index (κ3) is 6.57. The third-order valence-electron chi connectivity index (χ3n) is 1.60. The Morgan fingerprint density at radius 1 is 1.06 bits per heavy atom. The highest BCUT2D eigenvalue weighted by molar-refractivity contribution is 6.06. The Kier molecular flexibility index (Phi) is 6.27. The minimum Gasteiger partial charge on any atom is -0.391 e. The summed E-state index contributed by atoms with van der Waals surface area (Å²) in [6, 6.07) is 0. The fourth-order valence-corrected chi connectivity index (χ4v) is 0.995. The zero-order valence-electron chi connectivity index (χ0n) is 10.3. The molecule has 0 spiro atoms. The van der Waals surface area contributed by atoms with Crippen molar-refractivity contribution in [3.8, 4) is 0 Å². The lowest BCUT2D eigenvalue weighted by atomic mass is 10.2. The van der Waals surface area contributed by atoms with Crippen molar-refractivity contribution < 1.29 is 28.7 Å². The van der Waals surface area contributed by atoms with Crippen molar-refractivity contribution >= 4 is 23.5 Å². The summed E-state index contributed by atoms with van der Waals surface area (Å²) in [5.41, 5.74) is 0. The fourth-order valence-electron chi connectivity index (χ4n) is 0.995. The van der Waals surface area contributed by atoms with Gasteiger partial charge in [-0.25, -0.2) is 4.79 Å². The summed E-state index contributed by atoms with van der Waals surface area (Å²) < 4.78 is 9.36. The lowest BCUT2D eigenvalue weighted by Gasteiger charge is -2.15. The van der Waals surface area contributed by atoms with Crippen LogP contribution in [0, 0.1) is 0 Å². The second-order valence-corrected chi connectivity index (χ2v) is 3.85. The average Bonchev–Trinajstić information content (AvgIpc) is 2.11. The molecular formula is C11H16O6. The first-order valence-corrected chi connectivity index (χ1v) is 5.14. The average molecular weight is 244 g/mol. The summed E-state index contributed by atoms with van der Waals surface area (Å²) in [6.07, 6.45) is -2.29. The van der Waals surface area contributed by atoms with Gasteiger partial charge in [-0.05, 0) is 27.7 Å². The Labute approximate surface area is 99.3 Å². The number of esters is 2. The zero-order valence-corrected chi connectivity index (χ0v) is 10.3. The van der Waals surface area contributed by atoms with Crippen molar-refractivity contribution in [2.24, 2.45) is 0 Å². The molecule has 96 valence electrons. The lowest BCUT2D eigenvalue weighted by molar-refractivity contribution is -0.171. The summed E-state index contributed by atoms with van der Waals surface area (Å²) in [5.74, 6) is -3.05. The van der Waals surface area contributed by atoms with E-state index < -0.39 is 36.0 Å². The zero-order chi connectivity index (χ0) is 13.6. The predicted molar refractivity (Wildman–Crippen MR) is 57.1 cm³/mol. The summed E-state index contributed by atoms with van der Waals surface area (Å²) in [4.78, 5) is 44.2. The molecule has 0 aliphatic heterocycles. The Morgan fingerprint density at radius 3 is 1.94 bits per heavy atom. The molecule has 0 saturated carbocycles. The van der Waals surface area contributed by atoms with Crippen molar-refractivity contribution in [3.05, 3.63) is 0 Å². The van der Waals surface area contributed by atoms with Gasteiger partial charge in [-0.2, -0.15) is 0 Å². The van der Waals surface area contributed by atoms with Gasteiger partial charge in [-0.15, -0.1) is 0 Å². The number of ketones is 2. The van der Waals surface area contributed by atoms with Gasteiger partial charge in [-0.3, -0.25) is 14.4 Å². The maximum atomic E-state index is 11.4. The molecule has 0 fully saturated rings. The molecule has 0 saturated heterocycles. The number of Topliss-reactive ketones (excluding diaryl/α,β-unsaturated/α-hetero) is 2. The first-order chi connectivity index (χ1) is 7.73. The number of carbonyl (C=O) groups is 4. The van der Waals surface area contributed by atoms with E-state index in [0.29, 0.717) is 0 Å². The van der Waals surface area contributed by atoms with Crippen LogP contribution in [0.3, 0.4) is 0 Å². The van der Waals surface area contributed by atoms with E-state index >= 15 is 0 Å². The van der Waals surface area contributed by atoms with Gasteiger partial charge in [0.15, 0.2) is 5.78 Å². The number of hydrogen-bond acceptors (Lipinski definition) is 6. The first kappa shape index (κ1) is 15.4. The number of carbonyl (C=O) groups excluding carboxylic acids is 4. The van der Waals surface area contributed by atoms with E-state index in [4.69, 9.17) is 4.74 Å². The third-order valence-corrected chi connectivity index (χ3v) is 1.60. The van der Waals surface area contributed by atoms with Crippen molar-refractivity contribution in [2.45, 2.75) is 46.3 Å². The van der Waals surface area contributed by atoms with Crippen molar-refractivity contribution in [3.63, 3.8) is 0 Å². The molecule has 0 aromatic heterocycles. The van der Waals surface area contributed by atoms with Crippen LogP contribution < -0.4 is 0 Å². The summed E-state index contributed by atoms with van der Waals surface area (Å²) in [6.45, 7) is 5.63. The second-order valence-electron chi connectivity index (χ2n) is 3.85. The molecule has 0 heterocycles. The van der Waals surface area contributed by atoms with Crippen LogP contribution in [0.25, 0.3) is 0 Å². The highest BCUT2D eigenvalue weighted by atomic mass is 16.6. The molecule has 17 heavy (non-hydrogen) atoms. The Bertz CT molecular complexity index is 331. The largest absolute Gasteiger partial charge is 0.391 e. The van der Waals surface area contributed by atoms with E-state index in [9.17, 15) is 19.2 Å². The molecule has 6 nitrogen and oxygen atoms in total. The van der Waals surface area contributed by atoms with Gasteiger partial charge < -0.3 is 9.47 Å². The molecule has 0 aliphatic rings. The van der Waals surface area contributed by atoms with Gasteiger partial charge in [0.05, 0.1) is 6.10 Å². The van der Waals surface area contributed by atoms with Crippen LogP contribution in [-0.4, -0.2) is 35.7 Å². The van der Waals surface area contributed by atoms with Crippen LogP contribution in [0.5, 0.6) is 0 Å². The van der Waals surface area contributed by atoms with Crippen molar-refractivity contribution in [1.82, 2.24) is 0 Å². The quantitative estimate of drug-likeness (QED) is 0.497. The SMILES string of the molecule is CC(=O)CC(=O)OC(=O)C(OC(C)C)C(C)=O. The highest BCUT2D eigenvalue weighted by Gasteiger charge is 2.29. The summed E-state index contributed by atoms with van der Waals surface area (Å²) in [5, 5.41) is 0. The van der Waals surface area contributed by atoms with Crippen LogP contribution >= 0.6 is 0 Å². The van der Waals surface area contributed by atoms with E-state index in [0.717, 1.165) is 6.92 Å². The van der Waals surface area contributed by atoms with E-state index in [2.05, 4.69) is 4.74 Å². The standard InChI is InChI=1S/C11H16O6/c1-6(2)16-10(8(4)13)11(15)17-9(14)5-7(3)12/h6,10H,5H2,1-4H3. The lowest BCUT2D eigenvalue weighted by Crippen LogP contribution is -2.36. The molecule has 0 aliphatic carbocycles. The first-order valence-electron chi connectivity index (χ1n) is 5.14. The fraction of sp³-hybridized carbons (Fsp3) is 0.636. The Hall–Kier alpha value is -1.56. The molecule has 0 aromatic rings. The van der Waals surface area contributed by atoms with Crippen molar-refractivity contribution in [2.75, 3.05) is 0 Å². The predicted octanol–water partition coefficient (Wildman–Crippen LogP) is 0.418. The van der Waals surface area contributed by atoms with E-state index in [1.54, 1.807) is 13.8 Å². The van der Waals surface area contributed by atoms with E-state index in [1.165, 1.54) is 6.92 Å². The molecular weight excluding hydrogens is 228 g/mol. The second kappa shape index (κ2) is 6.90. The Balaban J connectivity index is 4.48. The van der Waals surface area contributed by atoms with E-state index in [1.807, 2.05) is 0 Å². The minimum atomic E-state index is -1.43. The van der Waals surface area contributed by atoms with E-state index in [-0.39, 0.29) is 6.10 Å². The van der Waals surface area contributed by atoms with Crippen LogP contribution in [-0.2, 0) is 28.7 Å². The number of ether oxygens (including phenoxy) is 2. The Morgan fingerprint density at radius 2 is 1.59 bits per heavy atom. The molecule has 1 atom stereocenters. The molecule has 0 aromatic carbocycles. The maximum Gasteiger partial charge on any atom is 0.350 e. The molecule has 0 radical (unpaired) electrons. The number of hydrogen-bond donors (Lipinski definition) is 0. The van der Waals surface area contributed by atoms with Gasteiger partial charge in [0.25, 0.3) is 0 Å². The van der Waals surface area contributed by atoms with Gasteiger partial charge in [0.1, 0.15) is 12.2 Å². The van der Waals surface area contributed by atoms with Crippen LogP contribution in [0.2, 0.25) is 0 Å². The van der Waals surface area contributed by atoms with Crippen LogP contribution in [0.1, 0.15) is 34.1 Å². The molecule has 6 heteroatoms. The normalized spacial score (nSPS) is 12.1. The molecule has 0 rings (SSSR count). The molecule has 0 N–H and O–H groups in total. The molecule has 1 unspecified atom stereocenters. The smallest absolute Gasteiger partial charge is 0.350 e. The summed E-state index contributed by atoms with van der Waals surface area (Å²) in [7, 11) is 0. The summed E-state index contributed by atoms with van der Waals surface area (Å²) >= 11 is 0. The monoisotopic (exact) mass is 244 g/mol. The number of rotatable bonds is 6. The van der Waals surface area contributed by atoms with Gasteiger partial charge in [0.2, 0.25) is 6.10 Å². The van der Waals surface area contributed by atoms with Crippen LogP contribution in [0.4, 0.5) is 0 Å². The molecule has 0 amide bonds. The van der Waals surface area contributed by atoms with Gasteiger partial charge in [0, 0.05) is 0 Å². The van der Waals surface area contributed by atoms with Crippen molar-refractivity contribution in [1.29, 1.82) is 0 Å². The van der Waals surface area contributed by atoms with Gasteiger partial charge in [-0.1, -0.05) is 0 Å². The molecule has 0 bridgehead atoms. The minimum absolute atomic E-state index is 0.362. The van der Waals surface area contributed by atoms with Gasteiger partial charge >= 0.3 is 11.9 Å².